The van der Waals surface area contributed by atoms with Crippen molar-refractivity contribution in [1.29, 1.82) is 0 Å². The van der Waals surface area contributed by atoms with Crippen molar-refractivity contribution in [2.45, 2.75) is 32.9 Å². The van der Waals surface area contributed by atoms with Gasteiger partial charge in [0.1, 0.15) is 17.6 Å². The van der Waals surface area contributed by atoms with Gasteiger partial charge >= 0.3 is 5.97 Å². The summed E-state index contributed by atoms with van der Waals surface area (Å²) in [7, 11) is 0. The molecule has 1 saturated heterocycles. The third-order valence-corrected chi connectivity index (χ3v) is 6.65. The number of aromatic nitrogens is 1. The molecule has 174 valence electrons. The Balaban J connectivity index is 1.29. The summed E-state index contributed by atoms with van der Waals surface area (Å²) in [5.41, 5.74) is 3.04. The van der Waals surface area contributed by atoms with Gasteiger partial charge in [-0.3, -0.25) is 9.69 Å². The molecular weight excluding hydrogens is 436 g/mol. The van der Waals surface area contributed by atoms with E-state index in [0.717, 1.165) is 52.9 Å². The first kappa shape index (κ1) is 23.4. The van der Waals surface area contributed by atoms with Crippen LogP contribution in [0.3, 0.4) is 0 Å². The number of esters is 1. The predicted octanol–water partition coefficient (Wildman–Crippen LogP) is 4.75. The van der Waals surface area contributed by atoms with Crippen LogP contribution >= 0.6 is 11.8 Å². The molecule has 0 N–H and O–H groups in total. The maximum atomic E-state index is 12.3. The van der Waals surface area contributed by atoms with Crippen molar-refractivity contribution >= 4 is 17.7 Å². The van der Waals surface area contributed by atoms with Crippen molar-refractivity contribution in [3.05, 3.63) is 71.6 Å². The van der Waals surface area contributed by atoms with Crippen LogP contribution in [0.4, 0.5) is 0 Å². The first-order valence-electron chi connectivity index (χ1n) is 11.4. The zero-order valence-corrected chi connectivity index (χ0v) is 20.0. The molecule has 1 atom stereocenters. The van der Waals surface area contributed by atoms with Crippen LogP contribution in [0.5, 0.6) is 5.75 Å². The van der Waals surface area contributed by atoms with E-state index in [1.165, 1.54) is 0 Å². The smallest absolute Gasteiger partial charge is 0.324 e. The number of hydrogen-bond donors (Lipinski definition) is 0. The molecule has 3 aromatic rings. The Morgan fingerprint density at radius 2 is 1.97 bits per heavy atom. The van der Waals surface area contributed by atoms with Crippen molar-refractivity contribution in [1.82, 2.24) is 9.88 Å². The molecule has 2 aromatic carbocycles. The molecule has 4 rings (SSSR count). The average Bonchev–Trinajstić information content (AvgIpc) is 3.22. The van der Waals surface area contributed by atoms with Crippen LogP contribution < -0.4 is 4.74 Å². The van der Waals surface area contributed by atoms with E-state index in [0.29, 0.717) is 25.5 Å². The van der Waals surface area contributed by atoms with Gasteiger partial charge in [0.15, 0.2) is 0 Å². The number of carbonyl (C=O) groups is 1. The van der Waals surface area contributed by atoms with Crippen LogP contribution in [0.1, 0.15) is 23.9 Å². The van der Waals surface area contributed by atoms with E-state index < -0.39 is 0 Å². The van der Waals surface area contributed by atoms with Crippen molar-refractivity contribution in [3.63, 3.8) is 0 Å². The van der Waals surface area contributed by atoms with Crippen LogP contribution in [-0.2, 0) is 22.5 Å². The van der Waals surface area contributed by atoms with Gasteiger partial charge in [-0.1, -0.05) is 30.3 Å². The molecule has 1 aliphatic rings. The topological polar surface area (TPSA) is 64.8 Å². The highest BCUT2D eigenvalue weighted by Crippen LogP contribution is 2.23. The molecule has 1 fully saturated rings. The van der Waals surface area contributed by atoms with Gasteiger partial charge in [0.2, 0.25) is 5.89 Å². The summed E-state index contributed by atoms with van der Waals surface area (Å²) in [6, 6.07) is 17.8. The molecule has 6 nitrogen and oxygen atoms in total. The van der Waals surface area contributed by atoms with Crippen LogP contribution in [0, 0.1) is 6.92 Å². The summed E-state index contributed by atoms with van der Waals surface area (Å²) < 4.78 is 17.0. The van der Waals surface area contributed by atoms with Crippen molar-refractivity contribution < 1.29 is 18.7 Å². The van der Waals surface area contributed by atoms with Crippen LogP contribution in [0.25, 0.3) is 11.5 Å². The van der Waals surface area contributed by atoms with Gasteiger partial charge in [-0.15, -0.1) is 0 Å². The number of carbonyl (C=O) groups excluding carboxylic acids is 1. The largest absolute Gasteiger partial charge is 0.493 e. The van der Waals surface area contributed by atoms with E-state index >= 15 is 0 Å². The van der Waals surface area contributed by atoms with E-state index in [9.17, 15) is 4.79 Å². The number of oxazole rings is 1. The zero-order valence-electron chi connectivity index (χ0n) is 19.2. The lowest BCUT2D eigenvalue weighted by molar-refractivity contribution is -0.148. The maximum absolute atomic E-state index is 12.3. The highest BCUT2D eigenvalue weighted by molar-refractivity contribution is 7.99. The summed E-state index contributed by atoms with van der Waals surface area (Å²) in [4.78, 5) is 19.1. The van der Waals surface area contributed by atoms with E-state index in [1.807, 2.05) is 68.1 Å². The van der Waals surface area contributed by atoms with Gasteiger partial charge in [0, 0.05) is 36.6 Å². The normalized spacial score (nSPS) is 16.5. The fourth-order valence-electron chi connectivity index (χ4n) is 3.84. The Hall–Kier alpha value is -2.77. The number of rotatable bonds is 9. The Kier molecular flexibility index (Phi) is 8.07. The molecule has 0 amide bonds. The minimum absolute atomic E-state index is 0.122. The van der Waals surface area contributed by atoms with E-state index in [2.05, 4.69) is 22.0 Å². The fourth-order valence-corrected chi connectivity index (χ4v) is 4.94. The molecule has 1 unspecified atom stereocenters. The third kappa shape index (κ3) is 6.18. The van der Waals surface area contributed by atoms with Crippen molar-refractivity contribution in [2.75, 3.05) is 31.3 Å². The standard InChI is InChI=1S/C26H30N2O4S/c1-3-30-26(29)24-18-33-16-14-28(24)17-20-9-11-22(12-10-20)31-15-13-23-19(2)32-25(27-23)21-7-5-4-6-8-21/h4-12,24H,3,13-18H2,1-2H3. The Morgan fingerprint density at radius 3 is 2.73 bits per heavy atom. The number of benzene rings is 2. The highest BCUT2D eigenvalue weighted by Gasteiger charge is 2.30. The Bertz CT molecular complexity index is 1040. The third-order valence-electron chi connectivity index (χ3n) is 5.63. The molecular formula is C26H30N2O4S. The lowest BCUT2D eigenvalue weighted by Crippen LogP contribution is -2.47. The SMILES string of the molecule is CCOC(=O)C1CSCCN1Cc1ccc(OCCc2nc(-c3ccccc3)oc2C)cc1. The van der Waals surface area contributed by atoms with Crippen molar-refractivity contribution in [3.8, 4) is 17.2 Å². The summed E-state index contributed by atoms with van der Waals surface area (Å²) in [6.07, 6.45) is 0.677. The number of ether oxygens (including phenoxy) is 2. The quantitative estimate of drug-likeness (QED) is 0.422. The number of aryl methyl sites for hydroxylation is 1. The molecule has 2 heterocycles. The summed E-state index contributed by atoms with van der Waals surface area (Å²) in [5.74, 6) is 3.98. The Labute approximate surface area is 199 Å². The first-order chi connectivity index (χ1) is 16.1. The number of hydrogen-bond acceptors (Lipinski definition) is 7. The van der Waals surface area contributed by atoms with Crippen LogP contribution in [-0.4, -0.2) is 53.2 Å². The molecule has 0 radical (unpaired) electrons. The second kappa shape index (κ2) is 11.4. The number of thioether (sulfide) groups is 1. The molecule has 1 aromatic heterocycles. The zero-order chi connectivity index (χ0) is 23.0. The Morgan fingerprint density at radius 1 is 1.18 bits per heavy atom. The van der Waals surface area contributed by atoms with Gasteiger partial charge in [0.25, 0.3) is 0 Å². The summed E-state index contributed by atoms with van der Waals surface area (Å²) in [5, 5.41) is 0. The van der Waals surface area contributed by atoms with E-state index in [-0.39, 0.29) is 12.0 Å². The lowest BCUT2D eigenvalue weighted by Gasteiger charge is -2.33. The summed E-state index contributed by atoms with van der Waals surface area (Å²) >= 11 is 1.81. The van der Waals surface area contributed by atoms with E-state index in [4.69, 9.17) is 13.9 Å². The molecule has 7 heteroatoms. The molecule has 0 saturated carbocycles. The highest BCUT2D eigenvalue weighted by atomic mass is 32.2. The predicted molar refractivity (Wildman–Crippen MR) is 130 cm³/mol. The van der Waals surface area contributed by atoms with Gasteiger partial charge in [0.05, 0.1) is 18.9 Å². The first-order valence-corrected chi connectivity index (χ1v) is 12.5. The minimum Gasteiger partial charge on any atom is -0.493 e. The summed E-state index contributed by atoms with van der Waals surface area (Å²) in [6.45, 7) is 6.34. The average molecular weight is 467 g/mol. The molecule has 1 aliphatic heterocycles. The van der Waals surface area contributed by atoms with Crippen LogP contribution in [0.2, 0.25) is 0 Å². The maximum Gasteiger partial charge on any atom is 0.324 e. The monoisotopic (exact) mass is 466 g/mol. The van der Waals surface area contributed by atoms with Gasteiger partial charge in [-0.2, -0.15) is 11.8 Å². The lowest BCUT2D eigenvalue weighted by atomic mass is 10.1. The molecule has 33 heavy (non-hydrogen) atoms. The number of nitrogens with zero attached hydrogens (tertiary/aromatic N) is 2. The molecule has 0 aliphatic carbocycles. The fraction of sp³-hybridized carbons (Fsp3) is 0.385. The van der Waals surface area contributed by atoms with Crippen molar-refractivity contribution in [2.24, 2.45) is 0 Å². The van der Waals surface area contributed by atoms with Gasteiger partial charge in [-0.05, 0) is 43.7 Å². The van der Waals surface area contributed by atoms with Gasteiger partial charge in [-0.25, -0.2) is 4.98 Å². The van der Waals surface area contributed by atoms with E-state index in [1.54, 1.807) is 0 Å². The second-order valence-electron chi connectivity index (χ2n) is 7.94. The molecule has 0 spiro atoms. The van der Waals surface area contributed by atoms with Crippen LogP contribution in [0.15, 0.2) is 59.0 Å². The molecule has 0 bridgehead atoms. The second-order valence-corrected chi connectivity index (χ2v) is 9.09. The minimum atomic E-state index is -0.175. The van der Waals surface area contributed by atoms with Gasteiger partial charge < -0.3 is 13.9 Å².